The first-order valence-electron chi connectivity index (χ1n) is 8.42. The van der Waals surface area contributed by atoms with Gasteiger partial charge in [-0.15, -0.1) is 10.2 Å². The second-order valence-corrected chi connectivity index (χ2v) is 5.67. The number of hydrogen-bond donors (Lipinski definition) is 0. The van der Waals surface area contributed by atoms with Gasteiger partial charge < -0.3 is 0 Å². The van der Waals surface area contributed by atoms with Gasteiger partial charge in [-0.2, -0.15) is 15.0 Å². The normalized spacial score (nSPS) is 11.0. The molecule has 5 nitrogen and oxygen atoms in total. The molecule has 4 rings (SSSR count). The molecule has 0 saturated carbocycles. The Bertz CT molecular complexity index is 1000. The zero-order valence-electron chi connectivity index (χ0n) is 14.7. The highest BCUT2D eigenvalue weighted by Gasteiger charge is 2.08. The van der Waals surface area contributed by atoms with Gasteiger partial charge in [0.15, 0.2) is 0 Å². The number of benzene rings is 3. The summed E-state index contributed by atoms with van der Waals surface area (Å²) in [4.78, 5) is 1.66. The van der Waals surface area contributed by atoms with Crippen molar-refractivity contribution < 1.29 is 0 Å². The van der Waals surface area contributed by atoms with E-state index in [4.69, 9.17) is 0 Å². The minimum Gasteiger partial charge on any atom is -0.192 e. The van der Waals surface area contributed by atoms with Crippen molar-refractivity contribution in [1.82, 2.24) is 15.0 Å². The molecule has 0 aliphatic carbocycles. The molecular formula is C20H21N5. The van der Waals surface area contributed by atoms with Crippen molar-refractivity contribution in [1.29, 1.82) is 0 Å². The van der Waals surface area contributed by atoms with Gasteiger partial charge in [-0.1, -0.05) is 50.6 Å². The van der Waals surface area contributed by atoms with Crippen LogP contribution in [-0.2, 0) is 0 Å². The maximum atomic E-state index is 4.64. The van der Waals surface area contributed by atoms with Crippen LogP contribution in [0.4, 0.5) is 5.69 Å². The van der Waals surface area contributed by atoms with Crippen molar-refractivity contribution in [2.75, 3.05) is 7.05 Å². The summed E-state index contributed by atoms with van der Waals surface area (Å²) in [7, 11) is 1.65. The fraction of sp³-hybridized carbons (Fsp3) is 0.200. The van der Waals surface area contributed by atoms with E-state index in [1.165, 1.54) is 11.8 Å². The molecule has 1 aromatic heterocycles. The van der Waals surface area contributed by atoms with E-state index < -0.39 is 0 Å². The monoisotopic (exact) mass is 331 g/mol. The van der Waals surface area contributed by atoms with Crippen molar-refractivity contribution in [2.24, 2.45) is 10.2 Å². The van der Waals surface area contributed by atoms with Gasteiger partial charge in [0.2, 0.25) is 0 Å². The van der Waals surface area contributed by atoms with E-state index in [0.717, 1.165) is 27.8 Å². The van der Waals surface area contributed by atoms with Gasteiger partial charge in [-0.05, 0) is 35.7 Å². The molecule has 0 atom stereocenters. The highest BCUT2D eigenvalue weighted by molar-refractivity contribution is 6.03. The van der Waals surface area contributed by atoms with E-state index in [9.17, 15) is 0 Å². The van der Waals surface area contributed by atoms with Crippen LogP contribution in [0.5, 0.6) is 0 Å². The van der Waals surface area contributed by atoms with Crippen molar-refractivity contribution in [3.05, 3.63) is 60.7 Å². The molecule has 25 heavy (non-hydrogen) atoms. The molecule has 126 valence electrons. The molecule has 0 N–H and O–H groups in total. The number of aromatic nitrogens is 3. The standard InChI is InChI=1S/C17H13N5.C3H8/c1-18-19-13-7-9-14(10-8-13)22-20-16-11-6-12-4-2-3-5-15(12)17(16)21-22;1-3-2/h2-11H,1H3;3H2,1-2H3. The quantitative estimate of drug-likeness (QED) is 0.442. The highest BCUT2D eigenvalue weighted by Crippen LogP contribution is 2.23. The van der Waals surface area contributed by atoms with Gasteiger partial charge >= 0.3 is 0 Å². The molecule has 0 amide bonds. The molecule has 4 aromatic rings. The van der Waals surface area contributed by atoms with Crippen LogP contribution in [0.15, 0.2) is 70.9 Å². The third-order valence-corrected chi connectivity index (χ3v) is 3.57. The number of hydrogen-bond acceptors (Lipinski definition) is 4. The predicted molar refractivity (Wildman–Crippen MR) is 103 cm³/mol. The smallest absolute Gasteiger partial charge is 0.121 e. The summed E-state index contributed by atoms with van der Waals surface area (Å²) in [6, 6.07) is 19.9. The van der Waals surface area contributed by atoms with Crippen molar-refractivity contribution in [3.63, 3.8) is 0 Å². The van der Waals surface area contributed by atoms with Crippen LogP contribution in [0.1, 0.15) is 20.3 Å². The van der Waals surface area contributed by atoms with E-state index in [0.29, 0.717) is 0 Å². The molecule has 0 fully saturated rings. The Morgan fingerprint density at radius 3 is 2.32 bits per heavy atom. The molecule has 3 aromatic carbocycles. The molecular weight excluding hydrogens is 310 g/mol. The average Bonchev–Trinajstić information content (AvgIpc) is 3.08. The van der Waals surface area contributed by atoms with Crippen LogP contribution in [0.25, 0.3) is 27.5 Å². The van der Waals surface area contributed by atoms with Gasteiger partial charge in [-0.3, -0.25) is 0 Å². The lowest BCUT2D eigenvalue weighted by atomic mass is 10.1. The van der Waals surface area contributed by atoms with Crippen LogP contribution >= 0.6 is 0 Å². The molecule has 1 heterocycles. The van der Waals surface area contributed by atoms with Crippen LogP contribution in [-0.4, -0.2) is 22.0 Å². The van der Waals surface area contributed by atoms with Crippen LogP contribution in [0.2, 0.25) is 0 Å². The fourth-order valence-electron chi connectivity index (χ4n) is 2.53. The molecule has 0 saturated heterocycles. The van der Waals surface area contributed by atoms with Gasteiger partial charge in [0.25, 0.3) is 0 Å². The molecule has 0 unspecified atom stereocenters. The zero-order valence-corrected chi connectivity index (χ0v) is 14.7. The Labute approximate surface area is 147 Å². The number of nitrogens with zero attached hydrogens (tertiary/aromatic N) is 5. The van der Waals surface area contributed by atoms with Crippen LogP contribution in [0.3, 0.4) is 0 Å². The summed E-state index contributed by atoms with van der Waals surface area (Å²) in [5.74, 6) is 0. The van der Waals surface area contributed by atoms with Gasteiger partial charge in [0.1, 0.15) is 11.0 Å². The molecule has 0 radical (unpaired) electrons. The predicted octanol–water partition coefficient (Wildman–Crippen LogP) is 5.70. The van der Waals surface area contributed by atoms with Crippen LogP contribution < -0.4 is 0 Å². The second-order valence-electron chi connectivity index (χ2n) is 5.67. The van der Waals surface area contributed by atoms with E-state index in [1.54, 1.807) is 11.8 Å². The van der Waals surface area contributed by atoms with E-state index in [1.807, 2.05) is 42.5 Å². The first-order chi connectivity index (χ1) is 12.3. The summed E-state index contributed by atoms with van der Waals surface area (Å²) >= 11 is 0. The maximum Gasteiger partial charge on any atom is 0.121 e. The molecule has 0 aliphatic rings. The lowest BCUT2D eigenvalue weighted by molar-refractivity contribution is 0.766. The van der Waals surface area contributed by atoms with E-state index in [-0.39, 0.29) is 0 Å². The largest absolute Gasteiger partial charge is 0.192 e. The SMILES string of the molecule is CCC.CN=Nc1ccc(-n2nc3ccc4ccccc4c3n2)cc1. The van der Waals surface area contributed by atoms with E-state index >= 15 is 0 Å². The lowest BCUT2D eigenvalue weighted by Crippen LogP contribution is -1.97. The summed E-state index contributed by atoms with van der Waals surface area (Å²) < 4.78 is 0. The Balaban J connectivity index is 0.000000569. The lowest BCUT2D eigenvalue weighted by Gasteiger charge is -1.98. The topological polar surface area (TPSA) is 55.4 Å². The van der Waals surface area contributed by atoms with Crippen molar-refractivity contribution >= 4 is 27.5 Å². The highest BCUT2D eigenvalue weighted by atomic mass is 15.5. The minimum atomic E-state index is 0.813. The molecule has 0 aliphatic heterocycles. The molecule has 0 bridgehead atoms. The Morgan fingerprint density at radius 1 is 0.880 bits per heavy atom. The second kappa shape index (κ2) is 7.66. The first-order valence-corrected chi connectivity index (χ1v) is 8.42. The van der Waals surface area contributed by atoms with Gasteiger partial charge in [-0.25, -0.2) is 0 Å². The third-order valence-electron chi connectivity index (χ3n) is 3.57. The molecule has 5 heteroatoms. The third kappa shape index (κ3) is 3.55. The number of fused-ring (bicyclic) bond motifs is 3. The van der Waals surface area contributed by atoms with Crippen molar-refractivity contribution in [2.45, 2.75) is 20.3 Å². The summed E-state index contributed by atoms with van der Waals surface area (Å²) in [6.07, 6.45) is 1.25. The fourth-order valence-corrected chi connectivity index (χ4v) is 2.53. The zero-order chi connectivity index (χ0) is 17.6. The van der Waals surface area contributed by atoms with Gasteiger partial charge in [0.05, 0.1) is 11.4 Å². The number of azo groups is 1. The Morgan fingerprint density at radius 2 is 1.60 bits per heavy atom. The minimum absolute atomic E-state index is 0.813. The summed E-state index contributed by atoms with van der Waals surface area (Å²) in [5, 5.41) is 19.2. The van der Waals surface area contributed by atoms with Gasteiger partial charge in [0, 0.05) is 12.4 Å². The first kappa shape index (κ1) is 16.8. The van der Waals surface area contributed by atoms with E-state index in [2.05, 4.69) is 52.5 Å². The van der Waals surface area contributed by atoms with Crippen molar-refractivity contribution in [3.8, 4) is 5.69 Å². The molecule has 0 spiro atoms. The summed E-state index contributed by atoms with van der Waals surface area (Å²) in [6.45, 7) is 4.25. The summed E-state index contributed by atoms with van der Waals surface area (Å²) in [5.41, 5.74) is 3.51. The van der Waals surface area contributed by atoms with Crippen LogP contribution in [0, 0.1) is 0 Å². The average molecular weight is 331 g/mol. The number of rotatable bonds is 2. The maximum absolute atomic E-state index is 4.64. The Hall–Kier alpha value is -3.08. The Kier molecular flexibility index (Phi) is 5.14.